The van der Waals surface area contributed by atoms with Crippen molar-refractivity contribution in [1.29, 1.82) is 5.26 Å². The van der Waals surface area contributed by atoms with Crippen LogP contribution >= 0.6 is 0 Å². The predicted molar refractivity (Wildman–Crippen MR) is 114 cm³/mol. The van der Waals surface area contributed by atoms with Crippen LogP contribution in [0.15, 0.2) is 60.2 Å². The number of rotatable bonds is 7. The first kappa shape index (κ1) is 22.6. The fraction of sp³-hybridized carbons (Fsp3) is 0.304. The van der Waals surface area contributed by atoms with Gasteiger partial charge < -0.3 is 4.74 Å². The highest BCUT2D eigenvalue weighted by Crippen LogP contribution is 2.60. The van der Waals surface area contributed by atoms with E-state index in [0.717, 1.165) is 0 Å². The zero-order chi connectivity index (χ0) is 23.6. The Morgan fingerprint density at radius 1 is 1.06 bits per heavy atom. The molecule has 1 aliphatic carbocycles. The average molecular weight is 435 g/mol. The molecule has 2 aromatic rings. The number of hydrogen-bond donors (Lipinski definition) is 0. The highest BCUT2D eigenvalue weighted by molar-refractivity contribution is 5.79. The van der Waals surface area contributed by atoms with Crippen LogP contribution in [0.3, 0.4) is 0 Å². The Hall–Kier alpha value is -4.06. The highest BCUT2D eigenvalue weighted by Gasteiger charge is 2.62. The van der Waals surface area contributed by atoms with E-state index < -0.39 is 33.3 Å². The summed E-state index contributed by atoms with van der Waals surface area (Å²) in [4.78, 5) is 35.1. The molecule has 1 fully saturated rings. The van der Waals surface area contributed by atoms with E-state index in [1.165, 1.54) is 36.4 Å². The lowest BCUT2D eigenvalue weighted by Crippen LogP contribution is -2.18. The molecule has 0 aliphatic heterocycles. The summed E-state index contributed by atoms with van der Waals surface area (Å²) in [6.45, 7) is 5.35. The fourth-order valence-corrected chi connectivity index (χ4v) is 3.98. The van der Waals surface area contributed by atoms with E-state index in [1.807, 2.05) is 19.9 Å². The quantitative estimate of drug-likeness (QED) is 0.262. The largest absolute Gasteiger partial charge is 0.452 e. The molecular formula is C23H21N3O6. The zero-order valence-corrected chi connectivity index (χ0v) is 17.7. The van der Waals surface area contributed by atoms with Gasteiger partial charge in [-0.05, 0) is 30.4 Å². The van der Waals surface area contributed by atoms with Crippen molar-refractivity contribution in [3.05, 3.63) is 91.5 Å². The zero-order valence-electron chi connectivity index (χ0n) is 17.7. The van der Waals surface area contributed by atoms with Gasteiger partial charge in [0.15, 0.2) is 6.10 Å². The summed E-state index contributed by atoms with van der Waals surface area (Å²) in [5, 5.41) is 32.3. The van der Waals surface area contributed by atoms with E-state index in [2.05, 4.69) is 0 Å². The van der Waals surface area contributed by atoms with Crippen molar-refractivity contribution in [3.63, 3.8) is 0 Å². The second kappa shape index (κ2) is 8.59. The summed E-state index contributed by atoms with van der Waals surface area (Å²) < 4.78 is 5.75. The number of esters is 1. The molecule has 0 spiro atoms. The minimum atomic E-state index is -1.34. The van der Waals surface area contributed by atoms with Gasteiger partial charge in [-0.2, -0.15) is 5.26 Å². The number of nitriles is 1. The third-order valence-corrected chi connectivity index (χ3v) is 5.84. The summed E-state index contributed by atoms with van der Waals surface area (Å²) >= 11 is 0. The normalized spacial score (nSPS) is 19.2. The molecule has 2 atom stereocenters. The molecule has 0 amide bonds. The van der Waals surface area contributed by atoms with Gasteiger partial charge in [-0.25, -0.2) is 0 Å². The first-order valence-electron chi connectivity index (χ1n) is 9.85. The van der Waals surface area contributed by atoms with Crippen molar-refractivity contribution in [1.82, 2.24) is 0 Å². The minimum absolute atomic E-state index is 0.0407. The van der Waals surface area contributed by atoms with Crippen molar-refractivity contribution in [3.8, 4) is 6.07 Å². The Kier molecular flexibility index (Phi) is 6.07. The Morgan fingerprint density at radius 3 is 1.97 bits per heavy atom. The van der Waals surface area contributed by atoms with Gasteiger partial charge in [0.1, 0.15) is 0 Å². The van der Waals surface area contributed by atoms with Gasteiger partial charge in [-0.1, -0.05) is 44.2 Å². The number of hydrogen-bond acceptors (Lipinski definition) is 7. The number of nitro benzene ring substituents is 2. The van der Waals surface area contributed by atoms with Gasteiger partial charge in [0, 0.05) is 17.7 Å². The molecule has 164 valence electrons. The molecule has 9 nitrogen and oxygen atoms in total. The van der Waals surface area contributed by atoms with Crippen molar-refractivity contribution in [2.45, 2.75) is 26.9 Å². The lowest BCUT2D eigenvalue weighted by atomic mass is 9.98. The lowest BCUT2D eigenvalue weighted by Gasteiger charge is -2.19. The van der Waals surface area contributed by atoms with Crippen molar-refractivity contribution in [2.24, 2.45) is 17.3 Å². The molecule has 0 radical (unpaired) electrons. The number of carbonyl (C=O) groups is 1. The molecule has 2 aromatic carbocycles. The third kappa shape index (κ3) is 4.21. The van der Waals surface area contributed by atoms with Gasteiger partial charge in [0.25, 0.3) is 11.4 Å². The smallest absolute Gasteiger partial charge is 0.311 e. The maximum atomic E-state index is 13.1. The van der Waals surface area contributed by atoms with Crippen LogP contribution in [-0.2, 0) is 9.53 Å². The molecule has 32 heavy (non-hydrogen) atoms. The fourth-order valence-electron chi connectivity index (χ4n) is 3.98. The van der Waals surface area contributed by atoms with E-state index in [-0.39, 0.29) is 28.4 Å². The van der Waals surface area contributed by atoms with Crippen LogP contribution in [0, 0.1) is 48.8 Å². The number of nitro groups is 2. The summed E-state index contributed by atoms with van der Waals surface area (Å²) in [6, 6.07) is 13.4. The van der Waals surface area contributed by atoms with Crippen LogP contribution in [-0.4, -0.2) is 15.8 Å². The van der Waals surface area contributed by atoms with Crippen molar-refractivity contribution < 1.29 is 19.4 Å². The molecule has 9 heteroatoms. The Morgan fingerprint density at radius 2 is 1.53 bits per heavy atom. The molecule has 0 bridgehead atoms. The van der Waals surface area contributed by atoms with E-state index in [9.17, 15) is 25.0 Å². The number of para-hydroxylation sites is 2. The first-order valence-corrected chi connectivity index (χ1v) is 9.85. The van der Waals surface area contributed by atoms with E-state index >= 15 is 0 Å². The van der Waals surface area contributed by atoms with Crippen LogP contribution in [0.25, 0.3) is 0 Å². The predicted octanol–water partition coefficient (Wildman–Crippen LogP) is 4.88. The highest BCUT2D eigenvalue weighted by atomic mass is 16.6. The number of ether oxygens (including phenoxy) is 1. The van der Waals surface area contributed by atoms with Gasteiger partial charge in [-0.3, -0.25) is 25.0 Å². The molecule has 0 N–H and O–H groups in total. The van der Waals surface area contributed by atoms with Crippen LogP contribution in [0.1, 0.15) is 38.0 Å². The van der Waals surface area contributed by atoms with Crippen LogP contribution in [0.2, 0.25) is 0 Å². The lowest BCUT2D eigenvalue weighted by molar-refractivity contribution is -0.387. The summed E-state index contributed by atoms with van der Waals surface area (Å²) in [7, 11) is 0. The van der Waals surface area contributed by atoms with Gasteiger partial charge >= 0.3 is 5.97 Å². The Bertz CT molecular complexity index is 1110. The number of benzene rings is 2. The van der Waals surface area contributed by atoms with Gasteiger partial charge in [0.2, 0.25) is 0 Å². The number of nitrogens with zero attached hydrogens (tertiary/aromatic N) is 3. The summed E-state index contributed by atoms with van der Waals surface area (Å²) in [5.74, 6) is -1.46. The topological polar surface area (TPSA) is 136 Å². The molecule has 2 unspecified atom stereocenters. The van der Waals surface area contributed by atoms with Crippen molar-refractivity contribution >= 4 is 17.3 Å². The van der Waals surface area contributed by atoms with Crippen LogP contribution in [0.4, 0.5) is 11.4 Å². The second-order valence-electron chi connectivity index (χ2n) is 8.24. The molecule has 3 rings (SSSR count). The second-order valence-corrected chi connectivity index (χ2v) is 8.24. The molecule has 0 heterocycles. The maximum Gasteiger partial charge on any atom is 0.311 e. The average Bonchev–Trinajstić information content (AvgIpc) is 3.31. The Balaban J connectivity index is 2.06. The molecule has 0 saturated heterocycles. The molecule has 1 saturated carbocycles. The summed E-state index contributed by atoms with van der Waals surface area (Å²) in [5.41, 5.74) is -0.555. The minimum Gasteiger partial charge on any atom is -0.452 e. The van der Waals surface area contributed by atoms with Crippen molar-refractivity contribution in [2.75, 3.05) is 0 Å². The molecular weight excluding hydrogens is 414 g/mol. The Labute approximate surface area is 184 Å². The number of allylic oxidation sites excluding steroid dienone is 2. The van der Waals surface area contributed by atoms with E-state index in [0.29, 0.717) is 5.57 Å². The third-order valence-electron chi connectivity index (χ3n) is 5.84. The monoisotopic (exact) mass is 435 g/mol. The molecule has 1 aliphatic rings. The van der Waals surface area contributed by atoms with E-state index in [4.69, 9.17) is 10.00 Å². The number of carbonyl (C=O) groups excluding carboxylic acids is 1. The summed E-state index contributed by atoms with van der Waals surface area (Å²) in [6.07, 6.45) is 0.362. The standard InChI is InChI=1S/C23H21N3O6/c1-14(13-24)12-17-20(23(17,2)3)22(27)32-21(15-8-4-6-10-18(15)25(28)29)16-9-5-7-11-19(16)26(30)31/h4-12,17,20-21H,1-3H3/b14-12+. The van der Waals surface area contributed by atoms with E-state index in [1.54, 1.807) is 25.1 Å². The van der Waals surface area contributed by atoms with Gasteiger partial charge in [0.05, 0.1) is 33.0 Å². The maximum absolute atomic E-state index is 13.1. The SMILES string of the molecule is C/C(C#N)=C\C1C(C(=O)OC(c2ccccc2[N+](=O)[O-])c2ccccc2[N+](=O)[O-])C1(C)C. The van der Waals surface area contributed by atoms with Gasteiger partial charge in [-0.15, -0.1) is 0 Å². The molecule has 0 aromatic heterocycles. The first-order chi connectivity index (χ1) is 15.1. The van der Waals surface area contributed by atoms with Crippen LogP contribution < -0.4 is 0 Å². The van der Waals surface area contributed by atoms with Crippen LogP contribution in [0.5, 0.6) is 0 Å².